The van der Waals surface area contributed by atoms with Gasteiger partial charge in [0.05, 0.1) is 11.9 Å². The van der Waals surface area contributed by atoms with E-state index in [1.54, 1.807) is 6.20 Å². The maximum absolute atomic E-state index is 11.5. The molecule has 2 N–H and O–H groups in total. The van der Waals surface area contributed by atoms with Crippen LogP contribution in [0.25, 0.3) is 22.2 Å². The number of hydrogen-bond donors (Lipinski definition) is 2. The van der Waals surface area contributed by atoms with Crippen LogP contribution in [-0.2, 0) is 4.79 Å². The minimum atomic E-state index is -0.120. The maximum Gasteiger partial charge on any atom is 0.243 e. The molecule has 0 bridgehead atoms. The van der Waals surface area contributed by atoms with E-state index in [4.69, 9.17) is 0 Å². The molecule has 1 saturated heterocycles. The van der Waals surface area contributed by atoms with Gasteiger partial charge in [0.2, 0.25) is 5.91 Å². The van der Waals surface area contributed by atoms with Crippen LogP contribution in [0.5, 0.6) is 0 Å². The molecule has 0 aromatic carbocycles. The number of H-pyrrole nitrogens is 1. The van der Waals surface area contributed by atoms with Gasteiger partial charge in [-0.3, -0.25) is 9.78 Å². The molecule has 4 rings (SSSR count). The number of amides is 1. The number of pyridine rings is 2. The van der Waals surface area contributed by atoms with Crippen LogP contribution in [-0.4, -0.2) is 40.0 Å². The summed E-state index contributed by atoms with van der Waals surface area (Å²) in [4.78, 5) is 25.7. The van der Waals surface area contributed by atoms with Crippen LogP contribution in [0.3, 0.4) is 0 Å². The van der Waals surface area contributed by atoms with Crippen molar-refractivity contribution >= 4 is 22.6 Å². The van der Waals surface area contributed by atoms with Gasteiger partial charge in [0.15, 0.2) is 0 Å². The van der Waals surface area contributed by atoms with Crippen molar-refractivity contribution in [2.24, 2.45) is 0 Å². The van der Waals surface area contributed by atoms with Gasteiger partial charge in [-0.1, -0.05) is 12.6 Å². The fourth-order valence-electron chi connectivity index (χ4n) is 3.30. The molecule has 6 heteroatoms. The summed E-state index contributed by atoms with van der Waals surface area (Å²) >= 11 is 0. The number of aromatic amines is 1. The molecule has 25 heavy (non-hydrogen) atoms. The largest absolute Gasteiger partial charge is 0.368 e. The summed E-state index contributed by atoms with van der Waals surface area (Å²) in [5.41, 5.74) is 4.07. The van der Waals surface area contributed by atoms with Crippen molar-refractivity contribution in [3.05, 3.63) is 55.6 Å². The zero-order valence-electron chi connectivity index (χ0n) is 13.8. The molecular formula is C19H19N5O. The van der Waals surface area contributed by atoms with E-state index in [0.29, 0.717) is 0 Å². The Morgan fingerprint density at radius 3 is 3.16 bits per heavy atom. The molecule has 0 radical (unpaired) electrons. The summed E-state index contributed by atoms with van der Waals surface area (Å²) in [7, 11) is 0. The number of anilines is 1. The Kier molecular flexibility index (Phi) is 3.93. The van der Waals surface area contributed by atoms with Crippen molar-refractivity contribution in [1.29, 1.82) is 0 Å². The van der Waals surface area contributed by atoms with Crippen LogP contribution < -0.4 is 10.2 Å². The smallest absolute Gasteiger partial charge is 0.243 e. The van der Waals surface area contributed by atoms with Gasteiger partial charge in [0.1, 0.15) is 5.65 Å². The van der Waals surface area contributed by atoms with E-state index < -0.39 is 0 Å². The van der Waals surface area contributed by atoms with E-state index >= 15 is 0 Å². The normalized spacial score (nSPS) is 17.0. The van der Waals surface area contributed by atoms with Crippen LogP contribution >= 0.6 is 0 Å². The minimum absolute atomic E-state index is 0.120. The lowest BCUT2D eigenvalue weighted by atomic mass is 10.1. The Morgan fingerprint density at radius 2 is 2.36 bits per heavy atom. The lowest BCUT2D eigenvalue weighted by Crippen LogP contribution is -2.36. The predicted octanol–water partition coefficient (Wildman–Crippen LogP) is 2.51. The van der Waals surface area contributed by atoms with Gasteiger partial charge in [0, 0.05) is 54.2 Å². The van der Waals surface area contributed by atoms with Crippen molar-refractivity contribution < 1.29 is 4.79 Å². The van der Waals surface area contributed by atoms with Crippen LogP contribution in [0.4, 0.5) is 5.69 Å². The number of fused-ring (bicyclic) bond motifs is 1. The molecule has 1 amide bonds. The molecule has 126 valence electrons. The quantitative estimate of drug-likeness (QED) is 0.720. The third-order valence-corrected chi connectivity index (χ3v) is 4.57. The van der Waals surface area contributed by atoms with Gasteiger partial charge in [-0.2, -0.15) is 0 Å². The molecular weight excluding hydrogens is 314 g/mol. The third-order valence-electron chi connectivity index (χ3n) is 4.57. The van der Waals surface area contributed by atoms with Gasteiger partial charge >= 0.3 is 0 Å². The average molecular weight is 333 g/mol. The summed E-state index contributed by atoms with van der Waals surface area (Å²) in [6.45, 7) is 5.17. The first kappa shape index (κ1) is 15.4. The van der Waals surface area contributed by atoms with E-state index in [-0.39, 0.29) is 11.9 Å². The van der Waals surface area contributed by atoms with E-state index in [2.05, 4.69) is 37.8 Å². The first-order valence-electron chi connectivity index (χ1n) is 8.30. The number of carbonyl (C=O) groups excluding carboxylic acids is 1. The third kappa shape index (κ3) is 2.98. The Morgan fingerprint density at radius 1 is 1.44 bits per heavy atom. The highest BCUT2D eigenvalue weighted by atomic mass is 16.1. The fraction of sp³-hybridized carbons (Fsp3) is 0.211. The molecule has 1 unspecified atom stereocenters. The number of nitrogens with one attached hydrogen (secondary N) is 2. The first-order chi connectivity index (χ1) is 12.2. The second-order valence-electron chi connectivity index (χ2n) is 6.18. The van der Waals surface area contributed by atoms with Crippen LogP contribution in [0.15, 0.2) is 55.6 Å². The number of aromatic nitrogens is 3. The lowest BCUT2D eigenvalue weighted by molar-refractivity contribution is -0.117. The second kappa shape index (κ2) is 6.39. The molecule has 4 heterocycles. The summed E-state index contributed by atoms with van der Waals surface area (Å²) in [6.07, 6.45) is 9.70. The first-order valence-corrected chi connectivity index (χ1v) is 8.30. The number of rotatable bonds is 4. The molecule has 1 atom stereocenters. The predicted molar refractivity (Wildman–Crippen MR) is 98.3 cm³/mol. The molecule has 1 aliphatic rings. The molecule has 0 spiro atoms. The standard InChI is InChI=1S/C19H19N5O/c1-2-18(25)23-14-5-7-24(12-14)15-8-16-17(11-22-19(16)21-10-15)13-4-3-6-20-9-13/h2-4,6,8-11,14H,1,5,7,12H2,(H,21,22)(H,23,25). The van der Waals surface area contributed by atoms with Gasteiger partial charge < -0.3 is 15.2 Å². The van der Waals surface area contributed by atoms with Crippen LogP contribution in [0, 0.1) is 0 Å². The molecule has 0 saturated carbocycles. The molecule has 3 aromatic rings. The molecule has 3 aromatic heterocycles. The van der Waals surface area contributed by atoms with Crippen molar-refractivity contribution in [1.82, 2.24) is 20.3 Å². The number of nitrogens with zero attached hydrogens (tertiary/aromatic N) is 3. The van der Waals surface area contributed by atoms with Gasteiger partial charge in [-0.25, -0.2) is 4.98 Å². The summed E-state index contributed by atoms with van der Waals surface area (Å²) in [5.74, 6) is -0.120. The van der Waals surface area contributed by atoms with Crippen LogP contribution in [0.1, 0.15) is 6.42 Å². The highest BCUT2D eigenvalue weighted by molar-refractivity contribution is 5.95. The highest BCUT2D eigenvalue weighted by Gasteiger charge is 2.24. The topological polar surface area (TPSA) is 73.9 Å². The lowest BCUT2D eigenvalue weighted by Gasteiger charge is -2.18. The van der Waals surface area contributed by atoms with Gasteiger partial charge in [-0.15, -0.1) is 0 Å². The molecule has 0 aliphatic carbocycles. The number of hydrogen-bond acceptors (Lipinski definition) is 4. The van der Waals surface area contributed by atoms with E-state index in [0.717, 1.165) is 47.4 Å². The van der Waals surface area contributed by atoms with Crippen molar-refractivity contribution in [2.45, 2.75) is 12.5 Å². The Labute approximate surface area is 145 Å². The summed E-state index contributed by atoms with van der Waals surface area (Å²) in [6, 6.07) is 6.27. The van der Waals surface area contributed by atoms with E-state index in [1.165, 1.54) is 6.08 Å². The fourth-order valence-corrected chi connectivity index (χ4v) is 3.30. The van der Waals surface area contributed by atoms with Gasteiger partial charge in [0.25, 0.3) is 0 Å². The monoisotopic (exact) mass is 333 g/mol. The van der Waals surface area contributed by atoms with Gasteiger partial charge in [-0.05, 0) is 24.6 Å². The Bertz CT molecular complexity index is 918. The van der Waals surface area contributed by atoms with Crippen LogP contribution in [0.2, 0.25) is 0 Å². The van der Waals surface area contributed by atoms with Crippen molar-refractivity contribution in [2.75, 3.05) is 18.0 Å². The van der Waals surface area contributed by atoms with Crippen molar-refractivity contribution in [3.8, 4) is 11.1 Å². The zero-order valence-corrected chi connectivity index (χ0v) is 13.8. The molecule has 1 aliphatic heterocycles. The minimum Gasteiger partial charge on any atom is -0.368 e. The zero-order chi connectivity index (χ0) is 17.2. The summed E-state index contributed by atoms with van der Waals surface area (Å²) < 4.78 is 0. The molecule has 1 fully saturated rings. The van der Waals surface area contributed by atoms with E-state index in [1.807, 2.05) is 30.7 Å². The Balaban J connectivity index is 1.61. The van der Waals surface area contributed by atoms with E-state index in [9.17, 15) is 4.79 Å². The SMILES string of the molecule is C=CC(=O)NC1CCN(c2cnc3[nH]cc(-c4cccnc4)c3c2)C1. The molecule has 6 nitrogen and oxygen atoms in total. The highest BCUT2D eigenvalue weighted by Crippen LogP contribution is 2.30. The number of carbonyl (C=O) groups is 1. The Hall–Kier alpha value is -3.15. The second-order valence-corrected chi connectivity index (χ2v) is 6.18. The summed E-state index contributed by atoms with van der Waals surface area (Å²) in [5, 5.41) is 4.04. The average Bonchev–Trinajstić information content (AvgIpc) is 3.28. The van der Waals surface area contributed by atoms with Crippen molar-refractivity contribution in [3.63, 3.8) is 0 Å². The maximum atomic E-state index is 11.5.